The summed E-state index contributed by atoms with van der Waals surface area (Å²) in [6.45, 7) is 4.74. The van der Waals surface area contributed by atoms with Crippen LogP contribution in [0.25, 0.3) is 0 Å². The molecule has 1 aliphatic carbocycles. The first kappa shape index (κ1) is 13.3. The highest BCUT2D eigenvalue weighted by Crippen LogP contribution is 2.28. The van der Waals surface area contributed by atoms with Crippen LogP contribution in [0.1, 0.15) is 57.7 Å². The van der Waals surface area contributed by atoms with E-state index in [0.717, 1.165) is 37.3 Å². The molecule has 0 aliphatic heterocycles. The van der Waals surface area contributed by atoms with E-state index >= 15 is 0 Å². The zero-order valence-electron chi connectivity index (χ0n) is 11.3. The zero-order chi connectivity index (χ0) is 13.0. The maximum atomic E-state index is 10.4. The molecular formula is C14H23N3O. The lowest BCUT2D eigenvalue weighted by Crippen LogP contribution is -2.39. The lowest BCUT2D eigenvalue weighted by atomic mass is 9.85. The lowest BCUT2D eigenvalue weighted by Gasteiger charge is -2.32. The third-order valence-corrected chi connectivity index (χ3v) is 3.57. The van der Waals surface area contributed by atoms with Gasteiger partial charge in [0.05, 0.1) is 5.60 Å². The Kier molecular flexibility index (Phi) is 4.17. The van der Waals surface area contributed by atoms with Gasteiger partial charge in [-0.25, -0.2) is 9.97 Å². The second-order valence-corrected chi connectivity index (χ2v) is 5.59. The van der Waals surface area contributed by atoms with E-state index in [1.54, 1.807) is 6.20 Å². The van der Waals surface area contributed by atoms with Crippen LogP contribution in [0.15, 0.2) is 12.3 Å². The molecule has 1 heterocycles. The van der Waals surface area contributed by atoms with Gasteiger partial charge in [0.25, 0.3) is 0 Å². The highest BCUT2D eigenvalue weighted by atomic mass is 16.3. The van der Waals surface area contributed by atoms with Crippen molar-refractivity contribution >= 4 is 5.82 Å². The Hall–Kier alpha value is -1.16. The van der Waals surface area contributed by atoms with Crippen LogP contribution in [0.5, 0.6) is 0 Å². The van der Waals surface area contributed by atoms with Gasteiger partial charge in [0.15, 0.2) is 0 Å². The van der Waals surface area contributed by atoms with Gasteiger partial charge < -0.3 is 10.4 Å². The Bertz CT molecular complexity index is 386. The van der Waals surface area contributed by atoms with E-state index < -0.39 is 5.60 Å². The maximum absolute atomic E-state index is 10.4. The molecule has 1 aromatic heterocycles. The predicted octanol–water partition coefficient (Wildman–Crippen LogP) is 2.71. The predicted molar refractivity (Wildman–Crippen MR) is 72.6 cm³/mol. The van der Waals surface area contributed by atoms with Gasteiger partial charge in [-0.2, -0.15) is 0 Å². The van der Waals surface area contributed by atoms with Crippen molar-refractivity contribution in [1.82, 2.24) is 9.97 Å². The Morgan fingerprint density at radius 1 is 1.33 bits per heavy atom. The van der Waals surface area contributed by atoms with E-state index in [4.69, 9.17) is 0 Å². The summed E-state index contributed by atoms with van der Waals surface area (Å²) in [6, 6.07) is 1.86. The summed E-state index contributed by atoms with van der Waals surface area (Å²) in [7, 11) is 0. The van der Waals surface area contributed by atoms with Crippen LogP contribution >= 0.6 is 0 Å². The van der Waals surface area contributed by atoms with Gasteiger partial charge in [-0.05, 0) is 18.9 Å². The molecule has 4 heteroatoms. The van der Waals surface area contributed by atoms with Crippen molar-refractivity contribution in [3.8, 4) is 0 Å². The van der Waals surface area contributed by atoms with Gasteiger partial charge in [0.2, 0.25) is 0 Å². The molecule has 0 amide bonds. The molecule has 100 valence electrons. The summed E-state index contributed by atoms with van der Waals surface area (Å²) in [5.41, 5.74) is -0.554. The van der Waals surface area contributed by atoms with Crippen LogP contribution in [0.3, 0.4) is 0 Å². The van der Waals surface area contributed by atoms with Crippen molar-refractivity contribution in [1.29, 1.82) is 0 Å². The van der Waals surface area contributed by atoms with Crippen LogP contribution in [0, 0.1) is 0 Å². The van der Waals surface area contributed by atoms with Gasteiger partial charge in [0.1, 0.15) is 11.6 Å². The van der Waals surface area contributed by atoms with E-state index in [9.17, 15) is 5.11 Å². The molecule has 0 saturated heterocycles. The zero-order valence-corrected chi connectivity index (χ0v) is 11.3. The molecule has 0 unspecified atom stereocenters. The first-order chi connectivity index (χ1) is 8.59. The van der Waals surface area contributed by atoms with Crippen molar-refractivity contribution in [2.45, 2.75) is 57.5 Å². The molecule has 18 heavy (non-hydrogen) atoms. The smallest absolute Gasteiger partial charge is 0.133 e. The number of anilines is 1. The molecule has 1 fully saturated rings. The Morgan fingerprint density at radius 3 is 2.72 bits per heavy atom. The number of nitrogens with one attached hydrogen (secondary N) is 1. The average Bonchev–Trinajstić information content (AvgIpc) is 2.38. The number of aromatic nitrogens is 2. The normalized spacial score (nSPS) is 18.9. The van der Waals surface area contributed by atoms with Crippen molar-refractivity contribution in [2.24, 2.45) is 0 Å². The van der Waals surface area contributed by atoms with Crippen LogP contribution in [-0.2, 0) is 0 Å². The first-order valence-electron chi connectivity index (χ1n) is 6.88. The molecule has 4 nitrogen and oxygen atoms in total. The van der Waals surface area contributed by atoms with Crippen LogP contribution in [0.4, 0.5) is 5.82 Å². The number of hydrogen-bond donors (Lipinski definition) is 2. The summed E-state index contributed by atoms with van der Waals surface area (Å²) >= 11 is 0. The summed E-state index contributed by atoms with van der Waals surface area (Å²) in [4.78, 5) is 8.69. The SMILES string of the molecule is CC(C)c1nccc(NCC2(O)CCCCC2)n1. The molecule has 0 atom stereocenters. The second kappa shape index (κ2) is 5.65. The van der Waals surface area contributed by atoms with E-state index in [2.05, 4.69) is 29.1 Å². The Labute approximate surface area is 109 Å². The van der Waals surface area contributed by atoms with Gasteiger partial charge >= 0.3 is 0 Å². The minimum absolute atomic E-state index is 0.324. The summed E-state index contributed by atoms with van der Waals surface area (Å²) in [5, 5.41) is 13.7. The van der Waals surface area contributed by atoms with Crippen molar-refractivity contribution in [3.63, 3.8) is 0 Å². The topological polar surface area (TPSA) is 58.0 Å². The third-order valence-electron chi connectivity index (χ3n) is 3.57. The fourth-order valence-corrected chi connectivity index (χ4v) is 2.39. The Morgan fingerprint density at radius 2 is 2.06 bits per heavy atom. The van der Waals surface area contributed by atoms with Gasteiger partial charge in [0, 0.05) is 18.7 Å². The van der Waals surface area contributed by atoms with E-state index in [1.165, 1.54) is 6.42 Å². The summed E-state index contributed by atoms with van der Waals surface area (Å²) < 4.78 is 0. The molecule has 0 spiro atoms. The van der Waals surface area contributed by atoms with Crippen LogP contribution in [-0.4, -0.2) is 27.2 Å². The van der Waals surface area contributed by atoms with E-state index in [-0.39, 0.29) is 0 Å². The highest BCUT2D eigenvalue weighted by Gasteiger charge is 2.28. The molecule has 0 aromatic carbocycles. The van der Waals surface area contributed by atoms with Gasteiger partial charge in [-0.15, -0.1) is 0 Å². The summed E-state index contributed by atoms with van der Waals surface area (Å²) in [5.74, 6) is 1.98. The molecule has 2 N–H and O–H groups in total. The molecule has 1 saturated carbocycles. The standard InChI is InChI=1S/C14H23N3O/c1-11(2)13-15-9-6-12(17-13)16-10-14(18)7-4-3-5-8-14/h6,9,11,18H,3-5,7-8,10H2,1-2H3,(H,15,16,17). The molecule has 1 aliphatic rings. The van der Waals surface area contributed by atoms with E-state index in [0.29, 0.717) is 12.5 Å². The van der Waals surface area contributed by atoms with Crippen molar-refractivity contribution < 1.29 is 5.11 Å². The fraction of sp³-hybridized carbons (Fsp3) is 0.714. The van der Waals surface area contributed by atoms with Crippen LogP contribution < -0.4 is 5.32 Å². The Balaban J connectivity index is 1.95. The monoisotopic (exact) mass is 249 g/mol. The first-order valence-corrected chi connectivity index (χ1v) is 6.88. The van der Waals surface area contributed by atoms with Gasteiger partial charge in [-0.3, -0.25) is 0 Å². The van der Waals surface area contributed by atoms with E-state index in [1.807, 2.05) is 6.07 Å². The fourth-order valence-electron chi connectivity index (χ4n) is 2.39. The van der Waals surface area contributed by atoms with Crippen molar-refractivity contribution in [3.05, 3.63) is 18.1 Å². The average molecular weight is 249 g/mol. The maximum Gasteiger partial charge on any atom is 0.133 e. The largest absolute Gasteiger partial charge is 0.388 e. The molecule has 2 rings (SSSR count). The summed E-state index contributed by atoms with van der Waals surface area (Å²) in [6.07, 6.45) is 7.05. The lowest BCUT2D eigenvalue weighted by molar-refractivity contribution is 0.0166. The minimum Gasteiger partial charge on any atom is -0.388 e. The number of nitrogens with zero attached hydrogens (tertiary/aromatic N) is 2. The van der Waals surface area contributed by atoms with Crippen LogP contribution in [0.2, 0.25) is 0 Å². The second-order valence-electron chi connectivity index (χ2n) is 5.59. The molecule has 0 radical (unpaired) electrons. The minimum atomic E-state index is -0.554. The number of aliphatic hydroxyl groups is 1. The van der Waals surface area contributed by atoms with Gasteiger partial charge in [-0.1, -0.05) is 33.1 Å². The molecule has 1 aromatic rings. The molecule has 0 bridgehead atoms. The third kappa shape index (κ3) is 3.42. The van der Waals surface area contributed by atoms with Crippen molar-refractivity contribution in [2.75, 3.05) is 11.9 Å². The number of rotatable bonds is 4. The molecular weight excluding hydrogens is 226 g/mol. The highest BCUT2D eigenvalue weighted by molar-refractivity contribution is 5.33. The number of hydrogen-bond acceptors (Lipinski definition) is 4. The quantitative estimate of drug-likeness (QED) is 0.861.